The number of rotatable bonds is 10. The molecule has 24 heavy (non-hydrogen) atoms. The van der Waals surface area contributed by atoms with E-state index in [0.717, 1.165) is 6.42 Å². The van der Waals surface area contributed by atoms with Crippen LogP contribution in [0.5, 0.6) is 0 Å². The fourth-order valence-electron chi connectivity index (χ4n) is 2.21. The van der Waals surface area contributed by atoms with Crippen LogP contribution in [0.15, 0.2) is 0 Å². The second-order valence-electron chi connectivity index (χ2n) is 6.60. The van der Waals surface area contributed by atoms with Crippen LogP contribution in [-0.2, 0) is 14.4 Å². The minimum atomic E-state index is -1.35. The third kappa shape index (κ3) is 8.26. The Kier molecular flexibility index (Phi) is 10.2. The van der Waals surface area contributed by atoms with E-state index >= 15 is 0 Å². The van der Waals surface area contributed by atoms with E-state index in [1.807, 2.05) is 20.8 Å². The number of amides is 3. The van der Waals surface area contributed by atoms with Crippen molar-refractivity contribution in [1.82, 2.24) is 15.5 Å². The molecule has 0 rings (SSSR count). The summed E-state index contributed by atoms with van der Waals surface area (Å²) in [5.74, 6) is -1.15. The molecule has 0 aromatic heterocycles. The molecule has 0 aromatic rings. The number of aliphatic hydroxyl groups excluding tert-OH is 1. The first kappa shape index (κ1) is 22.3. The molecule has 3 atom stereocenters. The van der Waals surface area contributed by atoms with Gasteiger partial charge in [-0.05, 0) is 18.8 Å². The first-order valence-corrected chi connectivity index (χ1v) is 8.31. The van der Waals surface area contributed by atoms with Crippen molar-refractivity contribution >= 4 is 17.7 Å². The quantitative estimate of drug-likeness (QED) is 0.413. The minimum Gasteiger partial charge on any atom is -0.382 e. The van der Waals surface area contributed by atoms with E-state index in [-0.39, 0.29) is 18.4 Å². The zero-order valence-corrected chi connectivity index (χ0v) is 15.3. The Hall–Kier alpha value is -1.67. The molecule has 0 aliphatic rings. The fraction of sp³-hybridized carbons (Fsp3) is 0.812. The van der Waals surface area contributed by atoms with Crippen LogP contribution in [0.4, 0.5) is 0 Å². The summed E-state index contributed by atoms with van der Waals surface area (Å²) in [5.41, 5.74) is 5.68. The molecule has 0 fully saturated rings. The highest BCUT2D eigenvalue weighted by atomic mass is 16.3. The summed E-state index contributed by atoms with van der Waals surface area (Å²) in [6.45, 7) is 5.49. The van der Waals surface area contributed by atoms with Gasteiger partial charge in [-0.3, -0.25) is 14.4 Å². The first-order chi connectivity index (χ1) is 11.1. The van der Waals surface area contributed by atoms with Crippen molar-refractivity contribution in [2.24, 2.45) is 11.7 Å². The maximum Gasteiger partial charge on any atom is 0.250 e. The summed E-state index contributed by atoms with van der Waals surface area (Å²) in [5, 5.41) is 14.7. The molecule has 0 aliphatic heterocycles. The molecule has 0 heterocycles. The highest BCUT2D eigenvalue weighted by molar-refractivity contribution is 5.90. The SMILES string of the molecule is CCC[C@H](N)C(O)C(=O)NCC(=O)N[C@@H](CC(C)C)C(=O)N(C)C. The van der Waals surface area contributed by atoms with E-state index in [2.05, 4.69) is 10.6 Å². The zero-order chi connectivity index (χ0) is 18.9. The lowest BCUT2D eigenvalue weighted by Gasteiger charge is -2.23. The van der Waals surface area contributed by atoms with Gasteiger partial charge in [0.1, 0.15) is 12.1 Å². The molecule has 0 saturated carbocycles. The molecular weight excluding hydrogens is 312 g/mol. The first-order valence-electron chi connectivity index (χ1n) is 8.31. The lowest BCUT2D eigenvalue weighted by atomic mass is 10.0. The Morgan fingerprint density at radius 2 is 1.79 bits per heavy atom. The third-order valence-corrected chi connectivity index (χ3v) is 3.50. The number of aliphatic hydroxyl groups is 1. The third-order valence-electron chi connectivity index (χ3n) is 3.50. The van der Waals surface area contributed by atoms with Crippen molar-refractivity contribution in [3.8, 4) is 0 Å². The van der Waals surface area contributed by atoms with E-state index in [4.69, 9.17) is 5.73 Å². The van der Waals surface area contributed by atoms with Crippen LogP contribution in [-0.4, -0.2) is 66.6 Å². The fourth-order valence-corrected chi connectivity index (χ4v) is 2.21. The Balaban J connectivity index is 4.53. The Morgan fingerprint density at radius 1 is 1.21 bits per heavy atom. The van der Waals surface area contributed by atoms with Crippen LogP contribution >= 0.6 is 0 Å². The van der Waals surface area contributed by atoms with Gasteiger partial charge in [-0.1, -0.05) is 27.2 Å². The molecule has 0 radical (unpaired) electrons. The minimum absolute atomic E-state index is 0.201. The highest BCUT2D eigenvalue weighted by Crippen LogP contribution is 2.06. The molecule has 1 unspecified atom stereocenters. The largest absolute Gasteiger partial charge is 0.382 e. The molecule has 8 heteroatoms. The average molecular weight is 344 g/mol. The van der Waals surface area contributed by atoms with E-state index in [9.17, 15) is 19.5 Å². The van der Waals surface area contributed by atoms with E-state index in [1.165, 1.54) is 4.90 Å². The standard InChI is InChI=1S/C16H32N4O4/c1-6-7-11(17)14(22)15(23)18-9-13(21)19-12(8-10(2)3)16(24)20(4)5/h10-12,14,22H,6-9,17H2,1-5H3,(H,18,23)(H,19,21)/t11-,12-,14?/m0/s1. The van der Waals surface area contributed by atoms with Gasteiger partial charge in [-0.15, -0.1) is 0 Å². The number of hydrogen-bond donors (Lipinski definition) is 4. The maximum absolute atomic E-state index is 12.1. The Morgan fingerprint density at radius 3 is 2.25 bits per heavy atom. The van der Waals surface area contributed by atoms with Gasteiger partial charge in [0.25, 0.3) is 5.91 Å². The number of carbonyl (C=O) groups is 3. The van der Waals surface area contributed by atoms with Crippen molar-refractivity contribution < 1.29 is 19.5 Å². The lowest BCUT2D eigenvalue weighted by molar-refractivity contribution is -0.135. The van der Waals surface area contributed by atoms with Crippen LogP contribution in [0.25, 0.3) is 0 Å². The van der Waals surface area contributed by atoms with Gasteiger partial charge in [0.15, 0.2) is 0 Å². The number of nitrogens with one attached hydrogen (secondary N) is 2. The van der Waals surface area contributed by atoms with Gasteiger partial charge in [-0.25, -0.2) is 0 Å². The molecule has 140 valence electrons. The van der Waals surface area contributed by atoms with Crippen molar-refractivity contribution in [2.45, 2.75) is 58.2 Å². The molecule has 0 bridgehead atoms. The highest BCUT2D eigenvalue weighted by Gasteiger charge is 2.25. The predicted octanol–water partition coefficient (Wildman–Crippen LogP) is -0.790. The summed E-state index contributed by atoms with van der Waals surface area (Å²) in [7, 11) is 3.24. The number of hydrogen-bond acceptors (Lipinski definition) is 5. The number of nitrogens with zero attached hydrogens (tertiary/aromatic N) is 1. The molecule has 0 spiro atoms. The molecule has 0 aromatic carbocycles. The summed E-state index contributed by atoms with van der Waals surface area (Å²) in [6.07, 6.45) is 0.401. The van der Waals surface area contributed by atoms with Gasteiger partial charge in [0.2, 0.25) is 11.8 Å². The van der Waals surface area contributed by atoms with Gasteiger partial charge in [0.05, 0.1) is 6.54 Å². The van der Waals surface area contributed by atoms with Gasteiger partial charge in [-0.2, -0.15) is 0 Å². The second kappa shape index (κ2) is 11.0. The Bertz CT molecular complexity index is 426. The van der Waals surface area contributed by atoms with Gasteiger partial charge >= 0.3 is 0 Å². The zero-order valence-electron chi connectivity index (χ0n) is 15.3. The number of likely N-dealkylation sites (N-methyl/N-ethyl adjacent to an activating group) is 1. The summed E-state index contributed by atoms with van der Waals surface area (Å²) >= 11 is 0. The van der Waals surface area contributed by atoms with Crippen LogP contribution in [0, 0.1) is 5.92 Å². The molecule has 3 amide bonds. The average Bonchev–Trinajstić information content (AvgIpc) is 2.50. The predicted molar refractivity (Wildman–Crippen MR) is 92.0 cm³/mol. The van der Waals surface area contributed by atoms with Crippen molar-refractivity contribution in [1.29, 1.82) is 0 Å². The van der Waals surface area contributed by atoms with E-state index in [0.29, 0.717) is 12.8 Å². The van der Waals surface area contributed by atoms with Crippen LogP contribution < -0.4 is 16.4 Å². The van der Waals surface area contributed by atoms with Crippen molar-refractivity contribution in [2.75, 3.05) is 20.6 Å². The molecule has 0 aliphatic carbocycles. The molecular formula is C16H32N4O4. The summed E-state index contributed by atoms with van der Waals surface area (Å²) in [4.78, 5) is 37.3. The maximum atomic E-state index is 12.1. The topological polar surface area (TPSA) is 125 Å². The monoisotopic (exact) mass is 344 g/mol. The second-order valence-corrected chi connectivity index (χ2v) is 6.60. The lowest BCUT2D eigenvalue weighted by Crippen LogP contribution is -2.52. The molecule has 0 saturated heterocycles. The number of nitrogens with two attached hydrogens (primary N) is 1. The summed E-state index contributed by atoms with van der Waals surface area (Å²) < 4.78 is 0. The van der Waals surface area contributed by atoms with Gasteiger partial charge < -0.3 is 26.4 Å². The Labute approximate surface area is 144 Å². The summed E-state index contributed by atoms with van der Waals surface area (Å²) in [6, 6.07) is -1.31. The normalized spacial score (nSPS) is 14.7. The number of carbonyl (C=O) groups excluding carboxylic acids is 3. The smallest absolute Gasteiger partial charge is 0.250 e. The van der Waals surface area contributed by atoms with E-state index < -0.39 is 30.0 Å². The van der Waals surface area contributed by atoms with Crippen LogP contribution in [0.3, 0.4) is 0 Å². The van der Waals surface area contributed by atoms with Crippen molar-refractivity contribution in [3.05, 3.63) is 0 Å². The van der Waals surface area contributed by atoms with Crippen LogP contribution in [0.2, 0.25) is 0 Å². The van der Waals surface area contributed by atoms with E-state index in [1.54, 1.807) is 14.1 Å². The van der Waals surface area contributed by atoms with Gasteiger partial charge in [0, 0.05) is 20.1 Å². The van der Waals surface area contributed by atoms with Crippen molar-refractivity contribution in [3.63, 3.8) is 0 Å². The van der Waals surface area contributed by atoms with Crippen LogP contribution in [0.1, 0.15) is 40.0 Å². The molecule has 8 nitrogen and oxygen atoms in total. The molecule has 5 N–H and O–H groups in total.